The maximum Gasteiger partial charge on any atom is 0.255 e. The van der Waals surface area contributed by atoms with Crippen molar-refractivity contribution >= 4 is 11.6 Å². The molecule has 1 unspecified atom stereocenters. The lowest BCUT2D eigenvalue weighted by atomic mass is 9.97. The van der Waals surface area contributed by atoms with Gasteiger partial charge in [0.1, 0.15) is 0 Å². The first kappa shape index (κ1) is 19.8. The normalized spacial score (nSPS) is 20.1. The maximum atomic E-state index is 13.4. The number of amides is 1. The standard InChI is InChI=1S/C21H28N4O4/c1-27-12-8-19-22-20(29-23-19)16-5-4-9-25(15-16)21(26)17-6-2-3-7-18(17)24-10-13-28-14-11-24/h2-3,6-7,16H,4-5,8-15H2,1H3. The lowest BCUT2D eigenvalue weighted by Gasteiger charge is -2.34. The smallest absolute Gasteiger partial charge is 0.255 e. The van der Waals surface area contributed by atoms with Gasteiger partial charge >= 0.3 is 0 Å². The highest BCUT2D eigenvalue weighted by Gasteiger charge is 2.30. The van der Waals surface area contributed by atoms with E-state index in [1.807, 2.05) is 29.2 Å². The van der Waals surface area contributed by atoms with E-state index in [1.165, 1.54) is 0 Å². The Hall–Kier alpha value is -2.45. The van der Waals surface area contributed by atoms with Gasteiger partial charge in [-0.15, -0.1) is 0 Å². The number of hydrogen-bond donors (Lipinski definition) is 0. The summed E-state index contributed by atoms with van der Waals surface area (Å²) in [5.41, 5.74) is 1.74. The number of methoxy groups -OCH3 is 1. The molecule has 2 aromatic rings. The molecule has 29 heavy (non-hydrogen) atoms. The summed E-state index contributed by atoms with van der Waals surface area (Å²) in [5.74, 6) is 1.42. The van der Waals surface area contributed by atoms with Crippen molar-refractivity contribution in [3.8, 4) is 0 Å². The third kappa shape index (κ3) is 4.59. The van der Waals surface area contributed by atoms with Gasteiger partial charge in [0, 0.05) is 45.4 Å². The number of carbonyl (C=O) groups excluding carboxylic acids is 1. The summed E-state index contributed by atoms with van der Waals surface area (Å²) in [6.07, 6.45) is 2.50. The number of morpholine rings is 1. The Morgan fingerprint density at radius 1 is 1.24 bits per heavy atom. The van der Waals surface area contributed by atoms with Gasteiger partial charge in [0.05, 0.1) is 31.3 Å². The molecule has 8 heteroatoms. The Morgan fingerprint density at radius 3 is 2.90 bits per heavy atom. The van der Waals surface area contributed by atoms with E-state index in [9.17, 15) is 4.79 Å². The van der Waals surface area contributed by atoms with Crippen LogP contribution in [0.1, 0.15) is 40.8 Å². The number of nitrogens with zero attached hydrogens (tertiary/aromatic N) is 4. The van der Waals surface area contributed by atoms with Crippen molar-refractivity contribution < 1.29 is 18.8 Å². The Kier molecular flexibility index (Phi) is 6.41. The molecular weight excluding hydrogens is 372 g/mol. The molecule has 0 spiro atoms. The first-order valence-corrected chi connectivity index (χ1v) is 10.3. The molecule has 2 aliphatic heterocycles. The number of ether oxygens (including phenoxy) is 2. The third-order valence-electron chi connectivity index (χ3n) is 5.56. The summed E-state index contributed by atoms with van der Waals surface area (Å²) in [7, 11) is 1.65. The Bertz CT molecular complexity index is 819. The molecule has 1 amide bonds. The van der Waals surface area contributed by atoms with Gasteiger partial charge in [-0.05, 0) is 25.0 Å². The maximum absolute atomic E-state index is 13.4. The number of likely N-dealkylation sites (tertiary alicyclic amines) is 1. The van der Waals surface area contributed by atoms with E-state index in [0.29, 0.717) is 44.5 Å². The third-order valence-corrected chi connectivity index (χ3v) is 5.56. The molecule has 2 saturated heterocycles. The average Bonchev–Trinajstić information content (AvgIpc) is 3.27. The van der Waals surface area contributed by atoms with Crippen molar-refractivity contribution in [1.82, 2.24) is 15.0 Å². The number of para-hydroxylation sites is 1. The van der Waals surface area contributed by atoms with Crippen molar-refractivity contribution in [2.45, 2.75) is 25.2 Å². The molecule has 1 atom stereocenters. The molecular formula is C21H28N4O4. The van der Waals surface area contributed by atoms with Gasteiger partial charge < -0.3 is 23.8 Å². The molecule has 156 valence electrons. The van der Waals surface area contributed by atoms with Crippen LogP contribution >= 0.6 is 0 Å². The molecule has 2 fully saturated rings. The number of benzene rings is 1. The molecule has 8 nitrogen and oxygen atoms in total. The van der Waals surface area contributed by atoms with Crippen LogP contribution in [0.2, 0.25) is 0 Å². The number of piperidine rings is 1. The van der Waals surface area contributed by atoms with Gasteiger partial charge in [-0.1, -0.05) is 17.3 Å². The molecule has 0 aliphatic carbocycles. The summed E-state index contributed by atoms with van der Waals surface area (Å²) in [5, 5.41) is 4.04. The van der Waals surface area contributed by atoms with Gasteiger partial charge in [0.2, 0.25) is 5.89 Å². The number of hydrogen-bond acceptors (Lipinski definition) is 7. The SMILES string of the molecule is COCCc1noc(C2CCCN(C(=O)c3ccccc3N3CCOCC3)C2)n1. The van der Waals surface area contributed by atoms with Crippen molar-refractivity contribution in [1.29, 1.82) is 0 Å². The molecule has 0 N–H and O–H groups in total. The molecule has 1 aromatic heterocycles. The fourth-order valence-electron chi connectivity index (χ4n) is 4.00. The van der Waals surface area contributed by atoms with E-state index in [-0.39, 0.29) is 11.8 Å². The van der Waals surface area contributed by atoms with Crippen LogP contribution < -0.4 is 4.90 Å². The van der Waals surface area contributed by atoms with Crippen molar-refractivity contribution in [2.24, 2.45) is 0 Å². The monoisotopic (exact) mass is 400 g/mol. The van der Waals surface area contributed by atoms with Gasteiger partial charge in [0.25, 0.3) is 5.91 Å². The fraction of sp³-hybridized carbons (Fsp3) is 0.571. The summed E-state index contributed by atoms with van der Waals surface area (Å²) < 4.78 is 16.0. The van der Waals surface area contributed by atoms with Crippen molar-refractivity contribution in [2.75, 3.05) is 58.0 Å². The number of rotatable bonds is 6. The van der Waals surface area contributed by atoms with E-state index in [0.717, 1.165) is 43.7 Å². The minimum absolute atomic E-state index is 0.0657. The predicted octanol–water partition coefficient (Wildman–Crippen LogP) is 2.11. The summed E-state index contributed by atoms with van der Waals surface area (Å²) in [6, 6.07) is 7.87. The Labute approximate surface area is 170 Å². The fourth-order valence-corrected chi connectivity index (χ4v) is 4.00. The highest BCUT2D eigenvalue weighted by Crippen LogP contribution is 2.29. The van der Waals surface area contributed by atoms with Crippen LogP contribution in [0.25, 0.3) is 0 Å². The van der Waals surface area contributed by atoms with E-state index < -0.39 is 0 Å². The number of anilines is 1. The van der Waals surface area contributed by atoms with Gasteiger partial charge in [-0.3, -0.25) is 4.79 Å². The van der Waals surface area contributed by atoms with Crippen LogP contribution in [0, 0.1) is 0 Å². The quantitative estimate of drug-likeness (QED) is 0.735. The molecule has 3 heterocycles. The van der Waals surface area contributed by atoms with Gasteiger partial charge in [-0.25, -0.2) is 0 Å². The second-order valence-corrected chi connectivity index (χ2v) is 7.50. The van der Waals surface area contributed by atoms with Crippen LogP contribution in [-0.2, 0) is 15.9 Å². The van der Waals surface area contributed by atoms with E-state index in [4.69, 9.17) is 14.0 Å². The Balaban J connectivity index is 1.47. The molecule has 0 bridgehead atoms. The second kappa shape index (κ2) is 9.37. The number of aromatic nitrogens is 2. The number of carbonyl (C=O) groups is 1. The van der Waals surface area contributed by atoms with Crippen LogP contribution in [0.4, 0.5) is 5.69 Å². The van der Waals surface area contributed by atoms with E-state index >= 15 is 0 Å². The lowest BCUT2D eigenvalue weighted by molar-refractivity contribution is 0.0695. The largest absolute Gasteiger partial charge is 0.384 e. The Morgan fingerprint density at radius 2 is 2.07 bits per heavy atom. The highest BCUT2D eigenvalue weighted by molar-refractivity contribution is 6.00. The minimum Gasteiger partial charge on any atom is -0.384 e. The van der Waals surface area contributed by atoms with Gasteiger partial charge in [0.15, 0.2) is 5.82 Å². The van der Waals surface area contributed by atoms with Crippen LogP contribution in [0.5, 0.6) is 0 Å². The second-order valence-electron chi connectivity index (χ2n) is 7.50. The molecule has 1 aromatic carbocycles. The van der Waals surface area contributed by atoms with Crippen molar-refractivity contribution in [3.05, 3.63) is 41.5 Å². The van der Waals surface area contributed by atoms with Crippen LogP contribution in [0.3, 0.4) is 0 Å². The van der Waals surface area contributed by atoms with Crippen molar-refractivity contribution in [3.63, 3.8) is 0 Å². The predicted molar refractivity (Wildman–Crippen MR) is 107 cm³/mol. The van der Waals surface area contributed by atoms with E-state index in [2.05, 4.69) is 15.0 Å². The zero-order chi connectivity index (χ0) is 20.1. The first-order valence-electron chi connectivity index (χ1n) is 10.3. The molecule has 0 radical (unpaired) electrons. The van der Waals surface area contributed by atoms with E-state index in [1.54, 1.807) is 7.11 Å². The molecule has 4 rings (SSSR count). The summed E-state index contributed by atoms with van der Waals surface area (Å²) in [4.78, 5) is 22.0. The minimum atomic E-state index is 0.0657. The zero-order valence-electron chi connectivity index (χ0n) is 16.9. The summed E-state index contributed by atoms with van der Waals surface area (Å²) in [6.45, 7) is 4.90. The highest BCUT2D eigenvalue weighted by atomic mass is 16.5. The summed E-state index contributed by atoms with van der Waals surface area (Å²) >= 11 is 0. The molecule has 0 saturated carbocycles. The van der Waals surface area contributed by atoms with Crippen LogP contribution in [-0.4, -0.2) is 74.1 Å². The first-order chi connectivity index (χ1) is 14.3. The average molecular weight is 400 g/mol. The van der Waals surface area contributed by atoms with Crippen LogP contribution in [0.15, 0.2) is 28.8 Å². The lowest BCUT2D eigenvalue weighted by Crippen LogP contribution is -2.41. The topological polar surface area (TPSA) is 80.9 Å². The molecule has 2 aliphatic rings. The zero-order valence-corrected chi connectivity index (χ0v) is 16.9. The van der Waals surface area contributed by atoms with Gasteiger partial charge in [-0.2, -0.15) is 4.98 Å².